The van der Waals surface area contributed by atoms with Crippen LogP contribution in [0, 0.1) is 5.41 Å². The summed E-state index contributed by atoms with van der Waals surface area (Å²) >= 11 is 6.71. The Labute approximate surface area is 166 Å². The normalized spacial score (nSPS) is 11.7. The van der Waals surface area contributed by atoms with E-state index in [0.717, 1.165) is 0 Å². The van der Waals surface area contributed by atoms with Gasteiger partial charge in [-0.1, -0.05) is 15.9 Å². The molecule has 0 heterocycles. The van der Waals surface area contributed by atoms with Crippen molar-refractivity contribution in [3.8, 4) is 5.75 Å². The van der Waals surface area contributed by atoms with E-state index >= 15 is 0 Å². The molecule has 2 rings (SSSR count). The first-order chi connectivity index (χ1) is 12.3. The molecule has 0 aliphatic carbocycles. The molecule has 0 aliphatic rings. The van der Waals surface area contributed by atoms with Crippen LogP contribution in [0.15, 0.2) is 45.3 Å². The number of halogens is 2. The number of ether oxygens (including phenoxy) is 1. The van der Waals surface area contributed by atoms with Crippen molar-refractivity contribution in [3.63, 3.8) is 0 Å². The van der Waals surface area contributed by atoms with E-state index in [1.54, 1.807) is 36.4 Å². The van der Waals surface area contributed by atoms with E-state index in [2.05, 4.69) is 37.2 Å². The molecule has 1 atom stereocenters. The van der Waals surface area contributed by atoms with Crippen LogP contribution in [0.3, 0.4) is 0 Å². The molecule has 2 aromatic rings. The second-order valence-electron chi connectivity index (χ2n) is 5.28. The summed E-state index contributed by atoms with van der Waals surface area (Å²) in [5, 5.41) is 29.1. The maximum atomic E-state index is 11.9. The van der Waals surface area contributed by atoms with Gasteiger partial charge < -0.3 is 26.0 Å². The molecule has 26 heavy (non-hydrogen) atoms. The van der Waals surface area contributed by atoms with Crippen LogP contribution in [0.2, 0.25) is 0 Å². The van der Waals surface area contributed by atoms with Gasteiger partial charge in [0.15, 0.2) is 6.04 Å². The molecule has 0 aromatic heterocycles. The van der Waals surface area contributed by atoms with Crippen molar-refractivity contribution in [2.45, 2.75) is 6.04 Å². The molecule has 0 spiro atoms. The Morgan fingerprint density at radius 3 is 2.46 bits per heavy atom. The highest BCUT2D eigenvalue weighted by molar-refractivity contribution is 9.11. The van der Waals surface area contributed by atoms with E-state index in [4.69, 9.17) is 21.0 Å². The minimum absolute atomic E-state index is 0.0346. The molecule has 0 aliphatic heterocycles. The highest BCUT2D eigenvalue weighted by Gasteiger charge is 2.26. The van der Waals surface area contributed by atoms with Crippen LogP contribution >= 0.6 is 31.9 Å². The van der Waals surface area contributed by atoms with Crippen molar-refractivity contribution in [1.82, 2.24) is 0 Å². The van der Waals surface area contributed by atoms with E-state index in [-0.39, 0.29) is 19.0 Å². The van der Waals surface area contributed by atoms with Gasteiger partial charge in [0.1, 0.15) is 18.2 Å². The number of carboxylic acids is 1. The largest absolute Gasteiger partial charge is 0.490 e. The van der Waals surface area contributed by atoms with Crippen LogP contribution in [0.1, 0.15) is 17.2 Å². The highest BCUT2D eigenvalue weighted by atomic mass is 79.9. The number of hydrogen-bond acceptors (Lipinski definition) is 5. The quantitative estimate of drug-likeness (QED) is 0.288. The van der Waals surface area contributed by atoms with Crippen LogP contribution in [-0.2, 0) is 4.79 Å². The Balaban J connectivity index is 2.40. The summed E-state index contributed by atoms with van der Waals surface area (Å²) in [7, 11) is 0. The molecule has 0 radical (unpaired) electrons. The van der Waals surface area contributed by atoms with Crippen molar-refractivity contribution < 1.29 is 19.7 Å². The number of nitrogens with one attached hydrogen (secondary N) is 2. The third kappa shape index (κ3) is 4.96. The zero-order valence-electron chi connectivity index (χ0n) is 13.5. The van der Waals surface area contributed by atoms with Crippen molar-refractivity contribution in [1.29, 1.82) is 5.41 Å². The number of aliphatic hydroxyl groups excluding tert-OH is 1. The molecular weight excluding hydrogens is 470 g/mol. The average molecular weight is 487 g/mol. The number of aliphatic hydroxyl groups is 1. The topological polar surface area (TPSA) is 129 Å². The number of nitrogens with two attached hydrogens (primary N) is 1. The maximum Gasteiger partial charge on any atom is 0.330 e. The number of carboxylic acid groups (broad SMARTS) is 1. The van der Waals surface area contributed by atoms with E-state index in [1.807, 2.05) is 0 Å². The molecule has 138 valence electrons. The van der Waals surface area contributed by atoms with E-state index in [1.165, 1.54) is 0 Å². The molecule has 0 saturated heterocycles. The third-order valence-electron chi connectivity index (χ3n) is 3.44. The molecule has 0 fully saturated rings. The predicted molar refractivity (Wildman–Crippen MR) is 106 cm³/mol. The van der Waals surface area contributed by atoms with Gasteiger partial charge in [-0.2, -0.15) is 0 Å². The predicted octanol–water partition coefficient (Wildman–Crippen LogP) is 3.10. The highest BCUT2D eigenvalue weighted by Crippen LogP contribution is 2.37. The second-order valence-corrected chi connectivity index (χ2v) is 7.05. The SMILES string of the molecule is N=C(N)c1ccc(NC(C(=O)O)c2cc(Br)cc(Br)c2OCCO)cc1. The van der Waals surface area contributed by atoms with Crippen LogP contribution in [0.5, 0.6) is 5.75 Å². The number of carbonyl (C=O) groups is 1. The number of anilines is 1. The average Bonchev–Trinajstić information content (AvgIpc) is 2.58. The van der Waals surface area contributed by atoms with E-state index in [0.29, 0.717) is 31.5 Å². The lowest BCUT2D eigenvalue weighted by atomic mass is 10.0. The first kappa shape index (κ1) is 20.2. The van der Waals surface area contributed by atoms with Crippen LogP contribution in [0.25, 0.3) is 0 Å². The molecule has 6 N–H and O–H groups in total. The van der Waals surface area contributed by atoms with Gasteiger partial charge in [0.25, 0.3) is 0 Å². The molecule has 1 unspecified atom stereocenters. The number of aliphatic carboxylic acids is 1. The minimum Gasteiger partial charge on any atom is -0.490 e. The first-order valence-corrected chi connectivity index (χ1v) is 9.08. The van der Waals surface area contributed by atoms with Gasteiger partial charge in [-0.3, -0.25) is 5.41 Å². The van der Waals surface area contributed by atoms with Gasteiger partial charge >= 0.3 is 5.97 Å². The van der Waals surface area contributed by atoms with Crippen LogP contribution in [-0.4, -0.2) is 35.2 Å². The molecule has 0 saturated carbocycles. The molecule has 0 bridgehead atoms. The summed E-state index contributed by atoms with van der Waals surface area (Å²) in [5.41, 5.74) is 6.91. The Kier molecular flexibility index (Phi) is 7.01. The fourth-order valence-electron chi connectivity index (χ4n) is 2.28. The molecular formula is C17H17Br2N3O4. The van der Waals surface area contributed by atoms with Gasteiger partial charge in [-0.25, -0.2) is 4.79 Å². The lowest BCUT2D eigenvalue weighted by molar-refractivity contribution is -0.138. The monoisotopic (exact) mass is 485 g/mol. The summed E-state index contributed by atoms with van der Waals surface area (Å²) in [6.07, 6.45) is 0. The number of nitrogen functional groups attached to an aromatic ring is 1. The fraction of sp³-hybridized carbons (Fsp3) is 0.176. The van der Waals surface area contributed by atoms with Crippen molar-refractivity contribution in [2.24, 2.45) is 5.73 Å². The molecule has 0 amide bonds. The molecule has 7 nitrogen and oxygen atoms in total. The maximum absolute atomic E-state index is 11.9. The zero-order valence-corrected chi connectivity index (χ0v) is 16.7. The zero-order chi connectivity index (χ0) is 19.3. The summed E-state index contributed by atoms with van der Waals surface area (Å²) in [5.74, 6) is -0.830. The third-order valence-corrected chi connectivity index (χ3v) is 4.49. The number of amidine groups is 1. The van der Waals surface area contributed by atoms with E-state index < -0.39 is 12.0 Å². The molecule has 2 aromatic carbocycles. The smallest absolute Gasteiger partial charge is 0.330 e. The van der Waals surface area contributed by atoms with Crippen LogP contribution < -0.4 is 15.8 Å². The van der Waals surface area contributed by atoms with Gasteiger partial charge in [0.05, 0.1) is 11.1 Å². The standard InChI is InChI=1S/C17H17Br2N3O4/c18-10-7-12(15(13(19)8-10)26-6-5-23)14(17(24)25)22-11-3-1-9(2-4-11)16(20)21/h1-4,7-8,14,22-23H,5-6H2,(H3,20,21)(H,24,25). The second kappa shape index (κ2) is 9.02. The Morgan fingerprint density at radius 1 is 1.27 bits per heavy atom. The Bertz CT molecular complexity index is 812. The molecule has 9 heteroatoms. The number of rotatable bonds is 8. The van der Waals surface area contributed by atoms with Crippen molar-refractivity contribution in [2.75, 3.05) is 18.5 Å². The summed E-state index contributed by atoms with van der Waals surface area (Å²) in [4.78, 5) is 11.9. The lowest BCUT2D eigenvalue weighted by Gasteiger charge is -2.21. The minimum atomic E-state index is -1.10. The van der Waals surface area contributed by atoms with Gasteiger partial charge in [0.2, 0.25) is 0 Å². The van der Waals surface area contributed by atoms with Crippen molar-refractivity contribution >= 4 is 49.4 Å². The summed E-state index contributed by atoms with van der Waals surface area (Å²) in [6.45, 7) is -0.160. The van der Waals surface area contributed by atoms with E-state index in [9.17, 15) is 9.90 Å². The summed E-state index contributed by atoms with van der Waals surface area (Å²) in [6, 6.07) is 8.83. The number of benzene rings is 2. The first-order valence-electron chi connectivity index (χ1n) is 7.50. The Hall–Kier alpha value is -2.10. The van der Waals surface area contributed by atoms with Gasteiger partial charge in [0, 0.05) is 21.3 Å². The van der Waals surface area contributed by atoms with Gasteiger partial charge in [-0.05, 0) is 52.3 Å². The lowest BCUT2D eigenvalue weighted by Crippen LogP contribution is -2.22. The summed E-state index contributed by atoms with van der Waals surface area (Å²) < 4.78 is 6.77. The van der Waals surface area contributed by atoms with Crippen LogP contribution in [0.4, 0.5) is 5.69 Å². The fourth-order valence-corrected chi connectivity index (χ4v) is 3.65. The van der Waals surface area contributed by atoms with Gasteiger partial charge in [-0.15, -0.1) is 0 Å². The number of hydrogen-bond donors (Lipinski definition) is 5. The Morgan fingerprint density at radius 2 is 1.92 bits per heavy atom. The van der Waals surface area contributed by atoms with Crippen molar-refractivity contribution in [3.05, 3.63) is 56.5 Å².